The molecule has 0 rings (SSSR count). The molecular formula is C12H24N2O4. The monoisotopic (exact) mass is 260 g/mol. The number of amides is 2. The Bertz CT molecular complexity index is 258. The van der Waals surface area contributed by atoms with E-state index in [-0.39, 0.29) is 12.6 Å². The largest absolute Gasteiger partial charge is 0.480 e. The molecule has 0 aromatic rings. The third-order valence-electron chi connectivity index (χ3n) is 2.45. The van der Waals surface area contributed by atoms with Gasteiger partial charge in [-0.15, -0.1) is 0 Å². The molecule has 106 valence electrons. The van der Waals surface area contributed by atoms with E-state index in [0.717, 1.165) is 6.42 Å². The van der Waals surface area contributed by atoms with Crippen LogP contribution in [0.2, 0.25) is 0 Å². The molecule has 0 unspecified atom stereocenters. The Morgan fingerprint density at radius 2 is 1.78 bits per heavy atom. The van der Waals surface area contributed by atoms with Crippen molar-refractivity contribution in [3.63, 3.8) is 0 Å². The van der Waals surface area contributed by atoms with Gasteiger partial charge in [-0.1, -0.05) is 6.92 Å². The number of ether oxygens (including phenoxy) is 1. The maximum absolute atomic E-state index is 12.1. The van der Waals surface area contributed by atoms with E-state index < -0.39 is 5.97 Å². The number of aliphatic carboxylic acids is 1. The predicted octanol–water partition coefficient (Wildman–Crippen LogP) is 1.26. The second-order valence-corrected chi connectivity index (χ2v) is 3.87. The zero-order chi connectivity index (χ0) is 14.0. The zero-order valence-corrected chi connectivity index (χ0v) is 11.5. The van der Waals surface area contributed by atoms with Crippen LogP contribution >= 0.6 is 0 Å². The van der Waals surface area contributed by atoms with Crippen molar-refractivity contribution < 1.29 is 19.4 Å². The quantitative estimate of drug-likeness (QED) is 0.634. The first-order valence-corrected chi connectivity index (χ1v) is 6.40. The highest BCUT2D eigenvalue weighted by molar-refractivity contribution is 5.80. The average Bonchev–Trinajstić information content (AvgIpc) is 2.33. The molecule has 0 radical (unpaired) electrons. The number of hydrogen-bond donors (Lipinski definition) is 1. The molecule has 0 fully saturated rings. The van der Waals surface area contributed by atoms with Crippen LogP contribution in [0.1, 0.15) is 27.2 Å². The minimum Gasteiger partial charge on any atom is -0.480 e. The number of rotatable bonds is 9. The number of carbonyl (C=O) groups is 2. The minimum absolute atomic E-state index is 0.235. The van der Waals surface area contributed by atoms with E-state index in [4.69, 9.17) is 9.84 Å². The summed E-state index contributed by atoms with van der Waals surface area (Å²) in [7, 11) is 0. The molecule has 0 atom stereocenters. The van der Waals surface area contributed by atoms with Gasteiger partial charge in [-0.25, -0.2) is 4.79 Å². The van der Waals surface area contributed by atoms with Crippen molar-refractivity contribution in [1.82, 2.24) is 9.80 Å². The third kappa shape index (κ3) is 6.44. The minimum atomic E-state index is -0.988. The Balaban J connectivity index is 4.43. The van der Waals surface area contributed by atoms with Gasteiger partial charge < -0.3 is 19.6 Å². The number of hydrogen-bond acceptors (Lipinski definition) is 3. The topological polar surface area (TPSA) is 70.1 Å². The smallest absolute Gasteiger partial charge is 0.323 e. The number of nitrogens with zero attached hydrogens (tertiary/aromatic N) is 2. The second-order valence-electron chi connectivity index (χ2n) is 3.87. The van der Waals surface area contributed by atoms with E-state index in [1.807, 2.05) is 20.8 Å². The van der Waals surface area contributed by atoms with Gasteiger partial charge in [0.2, 0.25) is 0 Å². The van der Waals surface area contributed by atoms with Crippen molar-refractivity contribution in [3.05, 3.63) is 0 Å². The van der Waals surface area contributed by atoms with Crippen LogP contribution in [0, 0.1) is 0 Å². The fourth-order valence-electron chi connectivity index (χ4n) is 1.58. The van der Waals surface area contributed by atoms with Crippen molar-refractivity contribution in [2.75, 3.05) is 39.4 Å². The molecule has 1 N–H and O–H groups in total. The van der Waals surface area contributed by atoms with E-state index in [1.165, 1.54) is 4.90 Å². The Labute approximate surface area is 109 Å². The molecule has 0 aliphatic carbocycles. The first-order chi connectivity index (χ1) is 8.56. The van der Waals surface area contributed by atoms with Crippen molar-refractivity contribution in [3.8, 4) is 0 Å². The Morgan fingerprint density at radius 3 is 2.22 bits per heavy atom. The van der Waals surface area contributed by atoms with Crippen LogP contribution in [-0.4, -0.2) is 66.3 Å². The van der Waals surface area contributed by atoms with Crippen LogP contribution in [0.3, 0.4) is 0 Å². The molecule has 2 amide bonds. The van der Waals surface area contributed by atoms with Crippen LogP contribution in [0.15, 0.2) is 0 Å². The molecule has 18 heavy (non-hydrogen) atoms. The maximum atomic E-state index is 12.1. The molecule has 0 aromatic carbocycles. The van der Waals surface area contributed by atoms with Gasteiger partial charge in [0.05, 0.1) is 6.61 Å². The van der Waals surface area contributed by atoms with E-state index >= 15 is 0 Å². The predicted molar refractivity (Wildman–Crippen MR) is 68.6 cm³/mol. The number of carboxylic acid groups (broad SMARTS) is 1. The summed E-state index contributed by atoms with van der Waals surface area (Å²) in [4.78, 5) is 25.8. The summed E-state index contributed by atoms with van der Waals surface area (Å²) >= 11 is 0. The summed E-state index contributed by atoms with van der Waals surface area (Å²) in [5, 5.41) is 8.79. The van der Waals surface area contributed by atoms with Gasteiger partial charge in [0.25, 0.3) is 0 Å². The molecule has 0 spiro atoms. The van der Waals surface area contributed by atoms with Crippen LogP contribution in [-0.2, 0) is 9.53 Å². The lowest BCUT2D eigenvalue weighted by Crippen LogP contribution is -2.46. The first kappa shape index (κ1) is 16.7. The number of urea groups is 1. The summed E-state index contributed by atoms with van der Waals surface area (Å²) in [5.41, 5.74) is 0. The van der Waals surface area contributed by atoms with E-state index in [9.17, 15) is 9.59 Å². The third-order valence-corrected chi connectivity index (χ3v) is 2.45. The molecule has 0 aliphatic heterocycles. The van der Waals surface area contributed by atoms with Gasteiger partial charge in [0.15, 0.2) is 0 Å². The molecule has 0 saturated heterocycles. The Hall–Kier alpha value is -1.30. The molecule has 0 saturated carbocycles. The Kier molecular flexibility index (Phi) is 9.00. The van der Waals surface area contributed by atoms with Crippen molar-refractivity contribution in [1.29, 1.82) is 0 Å². The number of carbonyl (C=O) groups excluding carboxylic acids is 1. The SMILES string of the molecule is CCCN(CC(=O)O)C(=O)N(CC)CCOCC. The van der Waals surface area contributed by atoms with E-state index in [0.29, 0.717) is 32.8 Å². The van der Waals surface area contributed by atoms with Crippen molar-refractivity contribution in [2.24, 2.45) is 0 Å². The lowest BCUT2D eigenvalue weighted by molar-refractivity contribution is -0.137. The molecule has 0 aromatic heterocycles. The summed E-state index contributed by atoms with van der Waals surface area (Å²) in [5.74, 6) is -0.988. The average molecular weight is 260 g/mol. The normalized spacial score (nSPS) is 10.2. The van der Waals surface area contributed by atoms with Crippen molar-refractivity contribution >= 4 is 12.0 Å². The van der Waals surface area contributed by atoms with Gasteiger partial charge in [-0.3, -0.25) is 4.79 Å². The van der Waals surface area contributed by atoms with Gasteiger partial charge in [-0.05, 0) is 20.3 Å². The van der Waals surface area contributed by atoms with Gasteiger partial charge >= 0.3 is 12.0 Å². The zero-order valence-electron chi connectivity index (χ0n) is 11.5. The highest BCUT2D eigenvalue weighted by Gasteiger charge is 2.20. The van der Waals surface area contributed by atoms with Gasteiger partial charge in [0.1, 0.15) is 6.54 Å². The fraction of sp³-hybridized carbons (Fsp3) is 0.833. The van der Waals surface area contributed by atoms with E-state index in [2.05, 4.69) is 0 Å². The van der Waals surface area contributed by atoms with Gasteiger partial charge in [0, 0.05) is 26.2 Å². The molecule has 6 heteroatoms. The fourth-order valence-corrected chi connectivity index (χ4v) is 1.58. The summed E-state index contributed by atoms with van der Waals surface area (Å²) in [6.45, 7) is 8.00. The van der Waals surface area contributed by atoms with E-state index in [1.54, 1.807) is 4.90 Å². The highest BCUT2D eigenvalue weighted by atomic mass is 16.5. The molecule has 6 nitrogen and oxygen atoms in total. The summed E-state index contributed by atoms with van der Waals surface area (Å²) in [6, 6.07) is -0.235. The molecule has 0 bridgehead atoms. The molecular weight excluding hydrogens is 236 g/mol. The first-order valence-electron chi connectivity index (χ1n) is 6.40. The maximum Gasteiger partial charge on any atom is 0.323 e. The number of carboxylic acids is 1. The highest BCUT2D eigenvalue weighted by Crippen LogP contribution is 2.01. The van der Waals surface area contributed by atoms with Crippen LogP contribution in [0.4, 0.5) is 4.79 Å². The summed E-state index contributed by atoms with van der Waals surface area (Å²) in [6.07, 6.45) is 0.738. The number of likely N-dealkylation sites (N-methyl/N-ethyl adjacent to an activating group) is 1. The standard InChI is InChI=1S/C12H24N2O4/c1-4-7-14(10-11(15)16)12(17)13(5-2)8-9-18-6-3/h4-10H2,1-3H3,(H,15,16). The lowest BCUT2D eigenvalue weighted by Gasteiger charge is -2.28. The van der Waals surface area contributed by atoms with Crippen LogP contribution in [0.5, 0.6) is 0 Å². The lowest BCUT2D eigenvalue weighted by atomic mass is 10.4. The Morgan fingerprint density at radius 1 is 1.11 bits per heavy atom. The molecule has 0 heterocycles. The summed E-state index contributed by atoms with van der Waals surface area (Å²) < 4.78 is 5.21. The second kappa shape index (κ2) is 9.70. The van der Waals surface area contributed by atoms with Crippen LogP contribution < -0.4 is 0 Å². The molecule has 0 aliphatic rings. The van der Waals surface area contributed by atoms with Crippen LogP contribution in [0.25, 0.3) is 0 Å². The van der Waals surface area contributed by atoms with Gasteiger partial charge in [-0.2, -0.15) is 0 Å². The van der Waals surface area contributed by atoms with Crippen molar-refractivity contribution in [2.45, 2.75) is 27.2 Å².